The quantitative estimate of drug-likeness (QED) is 0.431. The van der Waals surface area contributed by atoms with E-state index in [4.69, 9.17) is 16.3 Å². The van der Waals surface area contributed by atoms with Crippen molar-refractivity contribution in [2.45, 2.75) is 51.2 Å². The Hall–Kier alpha value is -2.84. The van der Waals surface area contributed by atoms with Crippen LogP contribution < -0.4 is 15.4 Å². The number of halogens is 1. The Morgan fingerprint density at radius 1 is 1.03 bits per heavy atom. The molecule has 33 heavy (non-hydrogen) atoms. The second-order valence-corrected chi connectivity index (χ2v) is 11.9. The van der Waals surface area contributed by atoms with E-state index in [1.807, 2.05) is 26.8 Å². The van der Waals surface area contributed by atoms with E-state index in [0.29, 0.717) is 22.5 Å². The Morgan fingerprint density at radius 2 is 1.73 bits per heavy atom. The van der Waals surface area contributed by atoms with E-state index in [1.54, 1.807) is 52.1 Å². The minimum Gasteiger partial charge on any atom is -0.496 e. The molecule has 9 heteroatoms. The molecule has 1 heterocycles. The number of hydrogen-bond acceptors (Lipinski definition) is 7. The molecule has 0 aliphatic carbocycles. The lowest BCUT2D eigenvalue weighted by Gasteiger charge is -2.20. The third kappa shape index (κ3) is 5.07. The SMILES string of the molecule is COc1c(C)cc(Nc2ncc(Cl)c(Nc3cccc(S(=O)(=O)C(C)(C)C)c3)n2)c(C)c1C. The zero-order valence-electron chi connectivity index (χ0n) is 19.9. The summed E-state index contributed by atoms with van der Waals surface area (Å²) in [4.78, 5) is 9.01. The fourth-order valence-corrected chi connectivity index (χ4v) is 4.75. The highest BCUT2D eigenvalue weighted by Crippen LogP contribution is 2.33. The summed E-state index contributed by atoms with van der Waals surface area (Å²) in [5.41, 5.74) is 4.46. The van der Waals surface area contributed by atoms with Crippen LogP contribution in [0.15, 0.2) is 41.4 Å². The van der Waals surface area contributed by atoms with Gasteiger partial charge in [-0.05, 0) is 82.5 Å². The molecule has 0 saturated carbocycles. The standard InChI is InChI=1S/C24H29ClN4O3S/c1-14-11-20(15(2)16(3)21(14)32-7)28-23-26-13-19(25)22(29-23)27-17-9-8-10-18(12-17)33(30,31)24(4,5)6/h8-13H,1-7H3,(H2,26,27,28,29). The molecule has 1 aromatic heterocycles. The van der Waals surface area contributed by atoms with Gasteiger partial charge in [0.1, 0.15) is 10.8 Å². The van der Waals surface area contributed by atoms with E-state index >= 15 is 0 Å². The van der Waals surface area contributed by atoms with Crippen molar-refractivity contribution in [1.82, 2.24) is 9.97 Å². The molecular formula is C24H29ClN4O3S. The number of benzene rings is 2. The van der Waals surface area contributed by atoms with Gasteiger partial charge in [0.15, 0.2) is 15.7 Å². The fourth-order valence-electron chi connectivity index (χ4n) is 3.37. The number of rotatable bonds is 6. The molecule has 176 valence electrons. The maximum Gasteiger partial charge on any atom is 0.229 e. The lowest BCUT2D eigenvalue weighted by atomic mass is 10.0. The van der Waals surface area contributed by atoms with E-state index in [-0.39, 0.29) is 4.90 Å². The Kier molecular flexibility index (Phi) is 6.91. The molecule has 0 bridgehead atoms. The fraction of sp³-hybridized carbons (Fsp3) is 0.333. The molecule has 3 rings (SSSR count). The maximum atomic E-state index is 12.8. The van der Waals surface area contributed by atoms with Gasteiger partial charge >= 0.3 is 0 Å². The molecule has 0 atom stereocenters. The van der Waals surface area contributed by atoms with E-state index in [1.165, 1.54) is 6.20 Å². The molecule has 2 aromatic carbocycles. The number of ether oxygens (including phenoxy) is 1. The Balaban J connectivity index is 1.92. The summed E-state index contributed by atoms with van der Waals surface area (Å²) < 4.78 is 30.2. The van der Waals surface area contributed by atoms with Crippen molar-refractivity contribution >= 4 is 44.6 Å². The van der Waals surface area contributed by atoms with Crippen LogP contribution in [0.5, 0.6) is 5.75 Å². The van der Waals surface area contributed by atoms with Crippen molar-refractivity contribution in [3.05, 3.63) is 58.2 Å². The zero-order chi connectivity index (χ0) is 24.6. The highest BCUT2D eigenvalue weighted by molar-refractivity contribution is 7.92. The van der Waals surface area contributed by atoms with Gasteiger partial charge in [0.2, 0.25) is 5.95 Å². The molecule has 0 saturated heterocycles. The average molecular weight is 489 g/mol. The van der Waals surface area contributed by atoms with Crippen LogP contribution in [0.2, 0.25) is 5.02 Å². The van der Waals surface area contributed by atoms with Gasteiger partial charge in [0.25, 0.3) is 0 Å². The summed E-state index contributed by atoms with van der Waals surface area (Å²) >= 11 is 6.32. The van der Waals surface area contributed by atoms with Gasteiger partial charge in [0, 0.05) is 11.4 Å². The molecule has 0 radical (unpaired) electrons. The number of anilines is 4. The number of aromatic nitrogens is 2. The summed E-state index contributed by atoms with van der Waals surface area (Å²) in [6.45, 7) is 11.0. The third-order valence-electron chi connectivity index (χ3n) is 5.43. The summed E-state index contributed by atoms with van der Waals surface area (Å²) in [5.74, 6) is 1.56. The minimum atomic E-state index is -3.50. The molecule has 0 aliphatic heterocycles. The number of hydrogen-bond donors (Lipinski definition) is 2. The molecule has 0 amide bonds. The van der Waals surface area contributed by atoms with Crippen LogP contribution in [0, 0.1) is 20.8 Å². The highest BCUT2D eigenvalue weighted by atomic mass is 35.5. The van der Waals surface area contributed by atoms with Crippen LogP contribution in [0.4, 0.5) is 23.1 Å². The van der Waals surface area contributed by atoms with Crippen LogP contribution in [-0.2, 0) is 9.84 Å². The molecule has 3 aromatic rings. The topological polar surface area (TPSA) is 93.2 Å². The summed E-state index contributed by atoms with van der Waals surface area (Å²) in [6, 6.07) is 8.58. The van der Waals surface area contributed by atoms with E-state index in [2.05, 4.69) is 20.6 Å². The van der Waals surface area contributed by atoms with Crippen molar-refractivity contribution in [3.8, 4) is 5.75 Å². The molecule has 0 fully saturated rings. The van der Waals surface area contributed by atoms with Gasteiger partial charge in [-0.3, -0.25) is 0 Å². The molecule has 2 N–H and O–H groups in total. The van der Waals surface area contributed by atoms with Crippen molar-refractivity contribution in [2.75, 3.05) is 17.7 Å². The first kappa shape index (κ1) is 24.8. The summed E-state index contributed by atoms with van der Waals surface area (Å²) in [5, 5.41) is 6.66. The van der Waals surface area contributed by atoms with Gasteiger partial charge in [-0.2, -0.15) is 4.98 Å². The van der Waals surface area contributed by atoms with Crippen LogP contribution in [-0.4, -0.2) is 30.2 Å². The monoisotopic (exact) mass is 488 g/mol. The van der Waals surface area contributed by atoms with Crippen LogP contribution in [0.1, 0.15) is 37.5 Å². The molecular weight excluding hydrogens is 460 g/mol. The highest BCUT2D eigenvalue weighted by Gasteiger charge is 2.31. The van der Waals surface area contributed by atoms with Crippen LogP contribution in [0.3, 0.4) is 0 Å². The lowest BCUT2D eigenvalue weighted by Crippen LogP contribution is -2.27. The Morgan fingerprint density at radius 3 is 2.36 bits per heavy atom. The number of sulfone groups is 1. The predicted octanol–water partition coefficient (Wildman–Crippen LogP) is 6.12. The maximum absolute atomic E-state index is 12.8. The van der Waals surface area contributed by atoms with Crippen molar-refractivity contribution < 1.29 is 13.2 Å². The van der Waals surface area contributed by atoms with E-state index < -0.39 is 14.6 Å². The van der Waals surface area contributed by atoms with Crippen molar-refractivity contribution in [3.63, 3.8) is 0 Å². The number of methoxy groups -OCH3 is 1. The van der Waals surface area contributed by atoms with Gasteiger partial charge < -0.3 is 15.4 Å². The van der Waals surface area contributed by atoms with E-state index in [0.717, 1.165) is 28.1 Å². The summed E-state index contributed by atoms with van der Waals surface area (Å²) in [7, 11) is -1.84. The van der Waals surface area contributed by atoms with Gasteiger partial charge in [-0.25, -0.2) is 13.4 Å². The van der Waals surface area contributed by atoms with Crippen LogP contribution in [0.25, 0.3) is 0 Å². The molecule has 0 aliphatic rings. The normalized spacial score (nSPS) is 11.9. The van der Waals surface area contributed by atoms with Crippen LogP contribution >= 0.6 is 11.6 Å². The largest absolute Gasteiger partial charge is 0.496 e. The smallest absolute Gasteiger partial charge is 0.229 e. The summed E-state index contributed by atoms with van der Waals surface area (Å²) in [6.07, 6.45) is 1.49. The molecule has 7 nitrogen and oxygen atoms in total. The molecule has 0 unspecified atom stereocenters. The van der Waals surface area contributed by atoms with Crippen molar-refractivity contribution in [2.24, 2.45) is 0 Å². The number of nitrogens with one attached hydrogen (secondary N) is 2. The zero-order valence-corrected chi connectivity index (χ0v) is 21.4. The predicted molar refractivity (Wildman–Crippen MR) is 134 cm³/mol. The first-order valence-electron chi connectivity index (χ1n) is 10.4. The minimum absolute atomic E-state index is 0.225. The second-order valence-electron chi connectivity index (χ2n) is 8.81. The van der Waals surface area contributed by atoms with E-state index in [9.17, 15) is 8.42 Å². The van der Waals surface area contributed by atoms with Gasteiger partial charge in [-0.1, -0.05) is 17.7 Å². The van der Waals surface area contributed by atoms with Crippen molar-refractivity contribution in [1.29, 1.82) is 0 Å². The Bertz CT molecular complexity index is 1300. The molecule has 0 spiro atoms. The third-order valence-corrected chi connectivity index (χ3v) is 8.20. The lowest BCUT2D eigenvalue weighted by molar-refractivity contribution is 0.408. The number of nitrogens with zero attached hydrogens (tertiary/aromatic N) is 2. The average Bonchev–Trinajstić information content (AvgIpc) is 2.74. The Labute approximate surface area is 200 Å². The van der Waals surface area contributed by atoms with Gasteiger partial charge in [0.05, 0.1) is 22.9 Å². The first-order valence-corrected chi connectivity index (χ1v) is 12.3. The second kappa shape index (κ2) is 9.19. The van der Waals surface area contributed by atoms with Gasteiger partial charge in [-0.15, -0.1) is 0 Å². The first-order chi connectivity index (χ1) is 15.3. The number of aryl methyl sites for hydroxylation is 1.